The number of nitrogens with one attached hydrogen (secondary N) is 1. The van der Waals surface area contributed by atoms with Gasteiger partial charge in [0, 0.05) is 5.92 Å². The van der Waals surface area contributed by atoms with Crippen molar-refractivity contribution in [2.45, 2.75) is 31.2 Å². The van der Waals surface area contributed by atoms with Gasteiger partial charge in [-0.25, -0.2) is 0 Å². The Morgan fingerprint density at radius 2 is 2.44 bits per heavy atom. The highest BCUT2D eigenvalue weighted by Crippen LogP contribution is 2.34. The minimum absolute atomic E-state index is 0.120. The predicted octanol–water partition coefficient (Wildman–Crippen LogP) is 2.24. The molecule has 0 radical (unpaired) electrons. The SMILES string of the molecule is CC1(C(=O)O)CC(c2ccc(Cl)o2)CCN1. The predicted molar refractivity (Wildman–Crippen MR) is 59.7 cm³/mol. The summed E-state index contributed by atoms with van der Waals surface area (Å²) in [4.78, 5) is 11.1. The van der Waals surface area contributed by atoms with Crippen molar-refractivity contribution in [3.63, 3.8) is 0 Å². The second-order valence-electron chi connectivity index (χ2n) is 4.40. The second kappa shape index (κ2) is 4.11. The molecule has 5 heteroatoms. The molecule has 0 amide bonds. The van der Waals surface area contributed by atoms with Gasteiger partial charge >= 0.3 is 5.97 Å². The minimum Gasteiger partial charge on any atom is -0.480 e. The monoisotopic (exact) mass is 243 g/mol. The van der Waals surface area contributed by atoms with E-state index >= 15 is 0 Å². The van der Waals surface area contributed by atoms with Crippen molar-refractivity contribution < 1.29 is 14.3 Å². The summed E-state index contributed by atoms with van der Waals surface area (Å²) < 4.78 is 5.34. The lowest BCUT2D eigenvalue weighted by atomic mass is 9.82. The number of halogens is 1. The van der Waals surface area contributed by atoms with Crippen LogP contribution in [0.4, 0.5) is 0 Å². The highest BCUT2D eigenvalue weighted by molar-refractivity contribution is 6.28. The van der Waals surface area contributed by atoms with Crippen LogP contribution in [0.25, 0.3) is 0 Å². The molecule has 2 heterocycles. The van der Waals surface area contributed by atoms with Gasteiger partial charge in [0.15, 0.2) is 5.22 Å². The lowest BCUT2D eigenvalue weighted by Crippen LogP contribution is -2.53. The summed E-state index contributed by atoms with van der Waals surface area (Å²) in [6.07, 6.45) is 1.39. The molecular formula is C11H14ClNO3. The fraction of sp³-hybridized carbons (Fsp3) is 0.545. The zero-order valence-corrected chi connectivity index (χ0v) is 9.75. The number of hydrogen-bond donors (Lipinski definition) is 2. The smallest absolute Gasteiger partial charge is 0.323 e. The number of furan rings is 1. The summed E-state index contributed by atoms with van der Waals surface area (Å²) in [7, 11) is 0. The Hall–Kier alpha value is -1.00. The highest BCUT2D eigenvalue weighted by Gasteiger charge is 2.39. The van der Waals surface area contributed by atoms with Crippen molar-refractivity contribution in [1.82, 2.24) is 5.32 Å². The van der Waals surface area contributed by atoms with E-state index in [1.807, 2.05) is 6.07 Å². The first-order valence-electron chi connectivity index (χ1n) is 5.25. The van der Waals surface area contributed by atoms with Crippen LogP contribution in [-0.2, 0) is 4.79 Å². The standard InChI is InChI=1S/C11H14ClNO3/c1-11(10(14)15)6-7(4-5-13-11)8-2-3-9(12)16-8/h2-3,7,13H,4-6H2,1H3,(H,14,15). The third-order valence-corrected chi connectivity index (χ3v) is 3.33. The highest BCUT2D eigenvalue weighted by atomic mass is 35.5. The van der Waals surface area contributed by atoms with Gasteiger partial charge in [0.1, 0.15) is 11.3 Å². The summed E-state index contributed by atoms with van der Waals surface area (Å²) in [6.45, 7) is 2.37. The van der Waals surface area contributed by atoms with Crippen molar-refractivity contribution in [3.05, 3.63) is 23.1 Å². The van der Waals surface area contributed by atoms with E-state index in [1.54, 1.807) is 13.0 Å². The molecule has 0 bridgehead atoms. The van der Waals surface area contributed by atoms with E-state index in [9.17, 15) is 4.79 Å². The quantitative estimate of drug-likeness (QED) is 0.836. The topological polar surface area (TPSA) is 62.5 Å². The summed E-state index contributed by atoms with van der Waals surface area (Å²) in [5, 5.41) is 12.5. The zero-order valence-electron chi connectivity index (χ0n) is 9.00. The van der Waals surface area contributed by atoms with Gasteiger partial charge in [-0.2, -0.15) is 0 Å². The first kappa shape index (κ1) is 11.5. The van der Waals surface area contributed by atoms with Gasteiger partial charge in [-0.1, -0.05) is 0 Å². The normalized spacial score (nSPS) is 30.2. The molecule has 4 nitrogen and oxygen atoms in total. The Labute approximate surface area is 98.6 Å². The lowest BCUT2D eigenvalue weighted by Gasteiger charge is -2.35. The van der Waals surface area contributed by atoms with E-state index in [0.717, 1.165) is 12.2 Å². The maximum Gasteiger partial charge on any atom is 0.323 e. The van der Waals surface area contributed by atoms with Crippen LogP contribution < -0.4 is 5.32 Å². The van der Waals surface area contributed by atoms with Crippen molar-refractivity contribution in [2.75, 3.05) is 6.54 Å². The first-order valence-corrected chi connectivity index (χ1v) is 5.63. The summed E-state index contributed by atoms with van der Waals surface area (Å²) in [5.74, 6) is 0.0729. The number of hydrogen-bond acceptors (Lipinski definition) is 3. The second-order valence-corrected chi connectivity index (χ2v) is 4.77. The van der Waals surface area contributed by atoms with Crippen LogP contribution in [0.15, 0.2) is 16.5 Å². The number of carbonyl (C=O) groups is 1. The summed E-state index contributed by atoms with van der Waals surface area (Å²) in [6, 6.07) is 3.51. The minimum atomic E-state index is -0.873. The van der Waals surface area contributed by atoms with Gasteiger partial charge in [-0.3, -0.25) is 4.79 Å². The molecule has 0 aliphatic carbocycles. The first-order chi connectivity index (χ1) is 7.51. The van der Waals surface area contributed by atoms with Gasteiger partial charge in [-0.05, 0) is 50.0 Å². The van der Waals surface area contributed by atoms with E-state index < -0.39 is 11.5 Å². The largest absolute Gasteiger partial charge is 0.480 e. The molecule has 2 N–H and O–H groups in total. The molecular weight excluding hydrogens is 230 g/mol. The average Bonchev–Trinajstić information content (AvgIpc) is 2.65. The van der Waals surface area contributed by atoms with Gasteiger partial charge in [-0.15, -0.1) is 0 Å². The molecule has 1 aliphatic heterocycles. The fourth-order valence-corrected chi connectivity index (χ4v) is 2.29. The van der Waals surface area contributed by atoms with Crippen molar-refractivity contribution in [2.24, 2.45) is 0 Å². The molecule has 1 aromatic heterocycles. The van der Waals surface area contributed by atoms with E-state index in [-0.39, 0.29) is 5.92 Å². The van der Waals surface area contributed by atoms with Gasteiger partial charge in [0.05, 0.1) is 0 Å². The van der Waals surface area contributed by atoms with Crippen LogP contribution >= 0.6 is 11.6 Å². The molecule has 2 rings (SSSR count). The maximum absolute atomic E-state index is 11.1. The Balaban J connectivity index is 2.16. The molecule has 0 spiro atoms. The van der Waals surface area contributed by atoms with Crippen LogP contribution in [0, 0.1) is 0 Å². The van der Waals surface area contributed by atoms with Crippen molar-refractivity contribution in [1.29, 1.82) is 0 Å². The molecule has 88 valence electrons. The average molecular weight is 244 g/mol. The molecule has 2 atom stereocenters. The number of carboxylic acids is 1. The molecule has 1 aliphatic rings. The Morgan fingerprint density at radius 1 is 1.69 bits per heavy atom. The molecule has 16 heavy (non-hydrogen) atoms. The molecule has 1 saturated heterocycles. The van der Waals surface area contributed by atoms with Crippen LogP contribution in [0.2, 0.25) is 5.22 Å². The Kier molecular flexibility index (Phi) is 2.95. The van der Waals surface area contributed by atoms with Gasteiger partial charge < -0.3 is 14.8 Å². The van der Waals surface area contributed by atoms with E-state index in [0.29, 0.717) is 18.2 Å². The van der Waals surface area contributed by atoms with E-state index in [4.69, 9.17) is 21.1 Å². The van der Waals surface area contributed by atoms with Crippen LogP contribution in [0.3, 0.4) is 0 Å². The molecule has 2 unspecified atom stereocenters. The van der Waals surface area contributed by atoms with Gasteiger partial charge in [0.25, 0.3) is 0 Å². The number of carboxylic acid groups (broad SMARTS) is 1. The lowest BCUT2D eigenvalue weighted by molar-refractivity contribution is -0.145. The summed E-state index contributed by atoms with van der Waals surface area (Å²) >= 11 is 5.71. The van der Waals surface area contributed by atoms with Crippen molar-refractivity contribution >= 4 is 17.6 Å². The third kappa shape index (κ3) is 2.08. The number of aliphatic carboxylic acids is 1. The molecule has 0 aromatic carbocycles. The molecule has 1 fully saturated rings. The van der Waals surface area contributed by atoms with Crippen LogP contribution in [-0.4, -0.2) is 23.2 Å². The van der Waals surface area contributed by atoms with Crippen molar-refractivity contribution in [3.8, 4) is 0 Å². The third-order valence-electron chi connectivity index (χ3n) is 3.13. The maximum atomic E-state index is 11.1. The zero-order chi connectivity index (χ0) is 11.8. The summed E-state index contributed by atoms with van der Waals surface area (Å²) in [5.41, 5.74) is -0.873. The number of piperidine rings is 1. The number of rotatable bonds is 2. The Bertz CT molecular complexity index is 404. The fourth-order valence-electron chi connectivity index (χ4n) is 2.14. The van der Waals surface area contributed by atoms with Gasteiger partial charge in [0.2, 0.25) is 0 Å². The molecule has 0 saturated carbocycles. The van der Waals surface area contributed by atoms with E-state index in [1.165, 1.54) is 0 Å². The molecule has 1 aromatic rings. The van der Waals surface area contributed by atoms with Crippen LogP contribution in [0.5, 0.6) is 0 Å². The van der Waals surface area contributed by atoms with Crippen LogP contribution in [0.1, 0.15) is 31.4 Å². The van der Waals surface area contributed by atoms with E-state index in [2.05, 4.69) is 5.32 Å². The Morgan fingerprint density at radius 3 is 3.00 bits per heavy atom.